The molecule has 1 aliphatic heterocycles. The van der Waals surface area contributed by atoms with Crippen molar-refractivity contribution in [2.45, 2.75) is 44.6 Å². The number of carbonyl (C=O) groups is 8. The minimum Gasteiger partial charge on any atom is -0.480 e. The number of ether oxygens (including phenoxy) is 1. The van der Waals surface area contributed by atoms with E-state index in [0.717, 1.165) is 11.1 Å². The van der Waals surface area contributed by atoms with E-state index >= 15 is 0 Å². The molecule has 16 heteroatoms. The highest BCUT2D eigenvalue weighted by Crippen LogP contribution is 2.23. The van der Waals surface area contributed by atoms with E-state index in [0.29, 0.717) is 18.5 Å². The van der Waals surface area contributed by atoms with Crippen LogP contribution in [0, 0.1) is 0 Å². The summed E-state index contributed by atoms with van der Waals surface area (Å²) in [5.41, 5.74) is 2.16. The summed E-state index contributed by atoms with van der Waals surface area (Å²) in [4.78, 5) is 97.2. The Bertz CT molecular complexity index is 1470. The van der Waals surface area contributed by atoms with Gasteiger partial charge in [0.15, 0.2) is 0 Å². The van der Waals surface area contributed by atoms with E-state index in [4.69, 9.17) is 9.84 Å². The van der Waals surface area contributed by atoms with Crippen LogP contribution in [0.1, 0.15) is 36.8 Å². The van der Waals surface area contributed by atoms with Crippen LogP contribution in [0.15, 0.2) is 54.6 Å². The lowest BCUT2D eigenvalue weighted by Crippen LogP contribution is -2.52. The highest BCUT2D eigenvalue weighted by molar-refractivity contribution is 6.19. The number of carbonyl (C=O) groups excluding carboxylic acids is 7. The molecule has 1 saturated heterocycles. The van der Waals surface area contributed by atoms with Gasteiger partial charge >= 0.3 is 5.97 Å². The maximum absolute atomic E-state index is 12.8. The summed E-state index contributed by atoms with van der Waals surface area (Å²) in [6.45, 7) is -2.26. The maximum Gasteiger partial charge on any atom is 0.329 e. The van der Waals surface area contributed by atoms with Crippen LogP contribution in [0.3, 0.4) is 0 Å². The Morgan fingerprint density at radius 2 is 1.33 bits per heavy atom. The first-order valence-electron chi connectivity index (χ1n) is 15.2. The molecule has 0 radical (unpaired) electrons. The number of anilines is 1. The smallest absolute Gasteiger partial charge is 0.329 e. The van der Waals surface area contributed by atoms with Crippen LogP contribution in [0.5, 0.6) is 0 Å². The SMILES string of the molecule is O=C(O)COCNC(=O)CNC(=O)C(Cc1ccccc1)NC(=O)CNC(=O)CNC(=O)CCCc1ccc(N2C(=O)CCC2=O)cc1. The van der Waals surface area contributed by atoms with Crippen LogP contribution < -0.4 is 31.5 Å². The van der Waals surface area contributed by atoms with Crippen molar-refractivity contribution >= 4 is 53.0 Å². The summed E-state index contributed by atoms with van der Waals surface area (Å²) in [7, 11) is 0. The number of carboxylic acids is 1. The normalized spacial score (nSPS) is 13.0. The number of carboxylic acid groups (broad SMARTS) is 1. The fraction of sp³-hybridized carbons (Fsp3) is 0.375. The van der Waals surface area contributed by atoms with Gasteiger partial charge in [-0.2, -0.15) is 0 Å². The molecule has 2 aromatic rings. The van der Waals surface area contributed by atoms with Crippen LogP contribution in [0.25, 0.3) is 0 Å². The van der Waals surface area contributed by atoms with Gasteiger partial charge in [0, 0.05) is 25.7 Å². The summed E-state index contributed by atoms with van der Waals surface area (Å²) in [5, 5.41) is 20.6. The van der Waals surface area contributed by atoms with Gasteiger partial charge in [0.1, 0.15) is 19.4 Å². The van der Waals surface area contributed by atoms with E-state index in [1.54, 1.807) is 54.6 Å². The van der Waals surface area contributed by atoms with Crippen molar-refractivity contribution < 1.29 is 48.2 Å². The Morgan fingerprint density at radius 3 is 2.00 bits per heavy atom. The number of nitrogens with one attached hydrogen (secondary N) is 5. The minimum atomic E-state index is -1.21. The van der Waals surface area contributed by atoms with Crippen molar-refractivity contribution in [3.8, 4) is 0 Å². The maximum atomic E-state index is 12.8. The fourth-order valence-electron chi connectivity index (χ4n) is 4.57. The molecular formula is C32H38N6O10. The van der Waals surface area contributed by atoms with Gasteiger partial charge < -0.3 is 36.4 Å². The molecule has 1 atom stereocenters. The molecule has 0 spiro atoms. The van der Waals surface area contributed by atoms with Crippen LogP contribution >= 0.6 is 0 Å². The molecule has 0 saturated carbocycles. The van der Waals surface area contributed by atoms with Crippen LogP contribution in [-0.2, 0) is 55.9 Å². The van der Waals surface area contributed by atoms with Crippen LogP contribution in [-0.4, -0.2) is 91.4 Å². The number of hydrogen-bond acceptors (Lipinski definition) is 9. The third-order valence-corrected chi connectivity index (χ3v) is 6.96. The Hall–Kier alpha value is -5.64. The first-order chi connectivity index (χ1) is 23.0. The van der Waals surface area contributed by atoms with Crippen molar-refractivity contribution in [1.29, 1.82) is 0 Å². The van der Waals surface area contributed by atoms with E-state index in [1.807, 2.05) is 0 Å². The van der Waals surface area contributed by atoms with Gasteiger partial charge in [-0.05, 0) is 36.1 Å². The molecule has 0 aliphatic carbocycles. The van der Waals surface area contributed by atoms with Gasteiger partial charge in [-0.1, -0.05) is 42.5 Å². The van der Waals surface area contributed by atoms with E-state index < -0.39 is 55.3 Å². The summed E-state index contributed by atoms with van der Waals surface area (Å²) in [6, 6.07) is 14.7. The zero-order valence-electron chi connectivity index (χ0n) is 26.1. The Labute approximate surface area is 275 Å². The summed E-state index contributed by atoms with van der Waals surface area (Å²) in [6.07, 6.45) is 1.69. The largest absolute Gasteiger partial charge is 0.480 e. The van der Waals surface area contributed by atoms with Gasteiger partial charge in [-0.3, -0.25) is 38.5 Å². The molecule has 1 unspecified atom stereocenters. The zero-order chi connectivity index (χ0) is 34.9. The molecule has 1 aliphatic rings. The molecule has 256 valence electrons. The number of imide groups is 1. The predicted molar refractivity (Wildman–Crippen MR) is 169 cm³/mol. The lowest BCUT2D eigenvalue weighted by atomic mass is 10.1. The highest BCUT2D eigenvalue weighted by atomic mass is 16.5. The molecular weight excluding hydrogens is 628 g/mol. The van der Waals surface area contributed by atoms with Crippen LogP contribution in [0.4, 0.5) is 5.69 Å². The number of aryl methyl sites for hydroxylation is 1. The number of rotatable bonds is 19. The van der Waals surface area contributed by atoms with Gasteiger partial charge in [0.05, 0.1) is 25.3 Å². The lowest BCUT2D eigenvalue weighted by molar-refractivity contribution is -0.143. The van der Waals surface area contributed by atoms with Crippen molar-refractivity contribution in [2.75, 3.05) is 37.9 Å². The fourth-order valence-corrected chi connectivity index (χ4v) is 4.57. The molecule has 48 heavy (non-hydrogen) atoms. The van der Waals surface area contributed by atoms with Crippen molar-refractivity contribution in [3.05, 3.63) is 65.7 Å². The molecule has 2 aromatic carbocycles. The average molecular weight is 667 g/mol. The first-order valence-corrected chi connectivity index (χ1v) is 15.2. The number of aliphatic carboxylic acids is 1. The molecule has 3 rings (SSSR count). The topological polar surface area (TPSA) is 229 Å². The molecule has 1 heterocycles. The second-order valence-corrected chi connectivity index (χ2v) is 10.7. The van der Waals surface area contributed by atoms with E-state index in [-0.39, 0.29) is 56.7 Å². The Morgan fingerprint density at radius 1 is 0.729 bits per heavy atom. The lowest BCUT2D eigenvalue weighted by Gasteiger charge is -2.19. The molecule has 0 aromatic heterocycles. The third-order valence-electron chi connectivity index (χ3n) is 6.96. The van der Waals surface area contributed by atoms with Gasteiger partial charge in [-0.25, -0.2) is 4.79 Å². The second kappa shape index (κ2) is 19.1. The standard InChI is InChI=1S/C32H38N6O10/c39-25(8-4-7-21-9-11-23(12-10-21)38-29(43)13-14-30(38)44)33-16-26(40)34-18-28(42)37-24(15-22-5-2-1-3-6-22)32(47)35-17-27(41)36-20-48-19-31(45)46/h1-3,5-6,9-12,24H,4,7-8,13-20H2,(H,33,39)(H,34,40)(H,35,47)(H,36,41)(H,37,42)(H,45,46). The third kappa shape index (κ3) is 13.0. The van der Waals surface area contributed by atoms with Gasteiger partial charge in [0.25, 0.3) is 0 Å². The Kier molecular flexibility index (Phi) is 14.7. The Balaban J connectivity index is 1.36. The van der Waals surface area contributed by atoms with Gasteiger partial charge in [0.2, 0.25) is 41.4 Å². The highest BCUT2D eigenvalue weighted by Gasteiger charge is 2.30. The zero-order valence-corrected chi connectivity index (χ0v) is 26.1. The summed E-state index contributed by atoms with van der Waals surface area (Å²) in [5.74, 6) is -4.63. The molecule has 1 fully saturated rings. The predicted octanol–water partition coefficient (Wildman–Crippen LogP) is -1.09. The minimum absolute atomic E-state index is 0.0910. The number of hydrogen-bond donors (Lipinski definition) is 6. The molecule has 6 N–H and O–H groups in total. The van der Waals surface area contributed by atoms with Crippen molar-refractivity contribution in [1.82, 2.24) is 26.6 Å². The summed E-state index contributed by atoms with van der Waals surface area (Å²) >= 11 is 0. The molecule has 16 nitrogen and oxygen atoms in total. The number of benzene rings is 2. The number of amides is 7. The molecule has 7 amide bonds. The molecule has 0 bridgehead atoms. The first kappa shape index (κ1) is 36.8. The van der Waals surface area contributed by atoms with Crippen molar-refractivity contribution in [2.24, 2.45) is 0 Å². The number of nitrogens with zero attached hydrogens (tertiary/aromatic N) is 1. The van der Waals surface area contributed by atoms with E-state index in [2.05, 4.69) is 26.6 Å². The monoisotopic (exact) mass is 666 g/mol. The second-order valence-electron chi connectivity index (χ2n) is 10.7. The average Bonchev–Trinajstić information content (AvgIpc) is 3.41. The van der Waals surface area contributed by atoms with Crippen molar-refractivity contribution in [3.63, 3.8) is 0 Å². The quantitative estimate of drug-likeness (QED) is 0.0603. The van der Waals surface area contributed by atoms with E-state index in [1.165, 1.54) is 4.90 Å². The van der Waals surface area contributed by atoms with E-state index in [9.17, 15) is 38.4 Å². The van der Waals surface area contributed by atoms with Gasteiger partial charge in [-0.15, -0.1) is 0 Å². The summed E-state index contributed by atoms with van der Waals surface area (Å²) < 4.78 is 4.71. The van der Waals surface area contributed by atoms with Crippen LogP contribution in [0.2, 0.25) is 0 Å².